The summed E-state index contributed by atoms with van der Waals surface area (Å²) in [6.45, 7) is 8.26. The fourth-order valence-corrected chi connectivity index (χ4v) is 1.32. The number of aliphatic carboxylic acids is 1. The normalized spacial score (nSPS) is 10.1. The van der Waals surface area contributed by atoms with Crippen LogP contribution in [0.2, 0.25) is 0 Å². The number of carbonyl (C=O) groups excluding carboxylic acids is 1. The molecule has 0 heterocycles. The molecule has 17 heavy (non-hydrogen) atoms. The van der Waals surface area contributed by atoms with Crippen molar-refractivity contribution in [3.05, 3.63) is 12.7 Å². The zero-order valence-electron chi connectivity index (χ0n) is 10.8. The molecule has 5 heteroatoms. The summed E-state index contributed by atoms with van der Waals surface area (Å²) in [5.74, 6) is -0.505. The second-order valence-corrected chi connectivity index (χ2v) is 4.45. The molecule has 0 aliphatic heterocycles. The average Bonchev–Trinajstić information content (AvgIpc) is 2.23. The van der Waals surface area contributed by atoms with Gasteiger partial charge in [0, 0.05) is 20.1 Å². The Morgan fingerprint density at radius 1 is 1.41 bits per heavy atom. The van der Waals surface area contributed by atoms with E-state index in [0.717, 1.165) is 6.42 Å². The van der Waals surface area contributed by atoms with Crippen molar-refractivity contribution in [1.29, 1.82) is 0 Å². The third kappa shape index (κ3) is 6.60. The van der Waals surface area contributed by atoms with Crippen molar-refractivity contribution in [2.75, 3.05) is 26.7 Å². The second-order valence-electron chi connectivity index (χ2n) is 4.45. The molecule has 0 rings (SSSR count). The van der Waals surface area contributed by atoms with Crippen LogP contribution in [0.25, 0.3) is 0 Å². The lowest BCUT2D eigenvalue weighted by molar-refractivity contribution is -0.137. The van der Waals surface area contributed by atoms with Crippen molar-refractivity contribution in [3.8, 4) is 0 Å². The van der Waals surface area contributed by atoms with Gasteiger partial charge in [0.1, 0.15) is 6.54 Å². The summed E-state index contributed by atoms with van der Waals surface area (Å²) in [6.07, 6.45) is 2.42. The SMILES string of the molecule is C=CCN(CC(=O)O)C(=O)N(C)CCC(C)C. The molecule has 0 fully saturated rings. The van der Waals surface area contributed by atoms with Crippen molar-refractivity contribution >= 4 is 12.0 Å². The van der Waals surface area contributed by atoms with Crippen LogP contribution in [0.15, 0.2) is 12.7 Å². The first-order valence-corrected chi connectivity index (χ1v) is 5.71. The molecule has 0 unspecified atom stereocenters. The molecule has 0 bridgehead atoms. The molecule has 0 saturated heterocycles. The number of carbonyl (C=O) groups is 2. The Balaban J connectivity index is 4.37. The van der Waals surface area contributed by atoms with E-state index in [1.165, 1.54) is 11.0 Å². The predicted molar refractivity (Wildman–Crippen MR) is 66.9 cm³/mol. The summed E-state index contributed by atoms with van der Waals surface area (Å²) in [4.78, 5) is 25.4. The maximum atomic E-state index is 11.9. The van der Waals surface area contributed by atoms with E-state index >= 15 is 0 Å². The fraction of sp³-hybridized carbons (Fsp3) is 0.667. The van der Waals surface area contributed by atoms with Gasteiger partial charge in [0.25, 0.3) is 0 Å². The van der Waals surface area contributed by atoms with Gasteiger partial charge in [0.05, 0.1) is 0 Å². The van der Waals surface area contributed by atoms with Gasteiger partial charge in [-0.05, 0) is 12.3 Å². The van der Waals surface area contributed by atoms with Crippen LogP contribution < -0.4 is 0 Å². The maximum Gasteiger partial charge on any atom is 0.323 e. The van der Waals surface area contributed by atoms with E-state index in [4.69, 9.17) is 5.11 Å². The number of carboxylic acid groups (broad SMARTS) is 1. The largest absolute Gasteiger partial charge is 0.480 e. The van der Waals surface area contributed by atoms with Crippen LogP contribution in [-0.4, -0.2) is 53.6 Å². The van der Waals surface area contributed by atoms with Crippen LogP contribution >= 0.6 is 0 Å². The Morgan fingerprint density at radius 2 is 2.00 bits per heavy atom. The van der Waals surface area contributed by atoms with Gasteiger partial charge in [0.2, 0.25) is 0 Å². The van der Waals surface area contributed by atoms with Crippen molar-refractivity contribution in [2.24, 2.45) is 5.92 Å². The van der Waals surface area contributed by atoms with Crippen LogP contribution in [0.4, 0.5) is 4.79 Å². The molecule has 0 radical (unpaired) electrons. The Kier molecular flexibility index (Phi) is 7.02. The lowest BCUT2D eigenvalue weighted by Gasteiger charge is -2.26. The number of hydrogen-bond donors (Lipinski definition) is 1. The Hall–Kier alpha value is -1.52. The van der Waals surface area contributed by atoms with E-state index in [0.29, 0.717) is 12.5 Å². The van der Waals surface area contributed by atoms with E-state index in [-0.39, 0.29) is 19.1 Å². The number of urea groups is 1. The molecule has 0 aliphatic carbocycles. The quantitative estimate of drug-likeness (QED) is 0.691. The number of carboxylic acids is 1. The minimum absolute atomic E-state index is 0.247. The minimum Gasteiger partial charge on any atom is -0.480 e. The van der Waals surface area contributed by atoms with Crippen molar-refractivity contribution in [3.63, 3.8) is 0 Å². The van der Waals surface area contributed by atoms with Crippen molar-refractivity contribution in [1.82, 2.24) is 9.80 Å². The molecule has 0 aliphatic rings. The molecule has 2 amide bonds. The first-order valence-electron chi connectivity index (χ1n) is 5.71. The molecule has 0 aromatic carbocycles. The van der Waals surface area contributed by atoms with Crippen LogP contribution in [0, 0.1) is 5.92 Å². The molecular formula is C12H22N2O3. The van der Waals surface area contributed by atoms with Crippen LogP contribution in [0.3, 0.4) is 0 Å². The molecule has 0 aromatic heterocycles. The molecule has 0 saturated carbocycles. The van der Waals surface area contributed by atoms with Gasteiger partial charge < -0.3 is 14.9 Å². The summed E-state index contributed by atoms with van der Waals surface area (Å²) in [5.41, 5.74) is 0. The third-order valence-electron chi connectivity index (χ3n) is 2.31. The highest BCUT2D eigenvalue weighted by Crippen LogP contribution is 2.03. The third-order valence-corrected chi connectivity index (χ3v) is 2.31. The first-order chi connectivity index (χ1) is 7.88. The van der Waals surface area contributed by atoms with E-state index in [1.54, 1.807) is 11.9 Å². The van der Waals surface area contributed by atoms with Gasteiger partial charge >= 0.3 is 12.0 Å². The van der Waals surface area contributed by atoms with Gasteiger partial charge in [-0.2, -0.15) is 0 Å². The molecule has 0 atom stereocenters. The van der Waals surface area contributed by atoms with Gasteiger partial charge in [0.15, 0.2) is 0 Å². The maximum absolute atomic E-state index is 11.9. The summed E-state index contributed by atoms with van der Waals surface area (Å²) in [5, 5.41) is 8.71. The zero-order chi connectivity index (χ0) is 13.4. The Morgan fingerprint density at radius 3 is 2.41 bits per heavy atom. The number of hydrogen-bond acceptors (Lipinski definition) is 2. The average molecular weight is 242 g/mol. The highest BCUT2D eigenvalue weighted by Gasteiger charge is 2.19. The van der Waals surface area contributed by atoms with Gasteiger partial charge in [-0.1, -0.05) is 19.9 Å². The zero-order valence-corrected chi connectivity index (χ0v) is 10.8. The van der Waals surface area contributed by atoms with Gasteiger partial charge in [-0.15, -0.1) is 6.58 Å². The van der Waals surface area contributed by atoms with E-state index in [2.05, 4.69) is 20.4 Å². The molecule has 0 aromatic rings. The van der Waals surface area contributed by atoms with E-state index < -0.39 is 5.97 Å². The van der Waals surface area contributed by atoms with Crippen LogP contribution in [0.1, 0.15) is 20.3 Å². The van der Waals surface area contributed by atoms with Crippen LogP contribution in [-0.2, 0) is 4.79 Å². The Labute approximate surface area is 103 Å². The number of amides is 2. The predicted octanol–water partition coefficient (Wildman–Crippen LogP) is 1.66. The molecular weight excluding hydrogens is 220 g/mol. The second kappa shape index (κ2) is 7.70. The summed E-state index contributed by atoms with van der Waals surface area (Å²) in [6, 6.07) is -0.270. The summed E-state index contributed by atoms with van der Waals surface area (Å²) < 4.78 is 0. The molecule has 0 spiro atoms. The van der Waals surface area contributed by atoms with Crippen molar-refractivity contribution < 1.29 is 14.7 Å². The lowest BCUT2D eigenvalue weighted by atomic mass is 10.1. The van der Waals surface area contributed by atoms with Gasteiger partial charge in [-0.25, -0.2) is 4.79 Å². The summed E-state index contributed by atoms with van der Waals surface area (Å²) in [7, 11) is 1.68. The molecule has 1 N–H and O–H groups in total. The molecule has 98 valence electrons. The van der Waals surface area contributed by atoms with Gasteiger partial charge in [-0.3, -0.25) is 4.79 Å². The lowest BCUT2D eigenvalue weighted by Crippen LogP contribution is -2.44. The van der Waals surface area contributed by atoms with Crippen LogP contribution in [0.5, 0.6) is 0 Å². The minimum atomic E-state index is -1.02. The number of nitrogens with zero attached hydrogens (tertiary/aromatic N) is 2. The standard InChI is InChI=1S/C12H22N2O3/c1-5-7-14(9-11(15)16)12(17)13(4)8-6-10(2)3/h5,10H,1,6-9H2,2-4H3,(H,15,16). The van der Waals surface area contributed by atoms with E-state index in [1.807, 2.05) is 0 Å². The smallest absolute Gasteiger partial charge is 0.323 e. The van der Waals surface area contributed by atoms with Crippen molar-refractivity contribution in [2.45, 2.75) is 20.3 Å². The Bertz CT molecular complexity index is 277. The van der Waals surface area contributed by atoms with E-state index in [9.17, 15) is 9.59 Å². The highest BCUT2D eigenvalue weighted by molar-refractivity contribution is 5.80. The molecule has 5 nitrogen and oxygen atoms in total. The first kappa shape index (κ1) is 15.5. The number of rotatable bonds is 7. The highest BCUT2D eigenvalue weighted by atomic mass is 16.4. The topological polar surface area (TPSA) is 60.9 Å². The summed E-state index contributed by atoms with van der Waals surface area (Å²) >= 11 is 0. The monoisotopic (exact) mass is 242 g/mol. The fourth-order valence-electron chi connectivity index (χ4n) is 1.32.